The van der Waals surface area contributed by atoms with Crippen molar-refractivity contribution >= 4 is 17.2 Å². The van der Waals surface area contributed by atoms with Gasteiger partial charge in [-0.3, -0.25) is 9.69 Å². The largest absolute Gasteiger partial charge is 0.497 e. The van der Waals surface area contributed by atoms with Crippen LogP contribution in [-0.2, 0) is 19.4 Å². The third-order valence-electron chi connectivity index (χ3n) is 6.00. The Bertz CT molecular complexity index is 832. The maximum Gasteiger partial charge on any atom is 0.264 e. The first-order valence-electron chi connectivity index (χ1n) is 10.5. The van der Waals surface area contributed by atoms with Crippen LogP contribution in [0, 0.1) is 0 Å². The molecule has 0 radical (unpaired) electrons. The molecule has 0 unspecified atom stereocenters. The predicted octanol–water partition coefficient (Wildman–Crippen LogP) is 3.99. The van der Waals surface area contributed by atoms with Crippen molar-refractivity contribution < 1.29 is 14.3 Å². The number of benzene rings is 1. The molecular formula is C23H30N2O3S. The number of ether oxygens (including phenoxy) is 2. The first kappa shape index (κ1) is 20.2. The van der Waals surface area contributed by atoms with E-state index in [4.69, 9.17) is 9.47 Å². The number of carbonyl (C=O) groups is 1. The summed E-state index contributed by atoms with van der Waals surface area (Å²) in [5, 5.41) is 0. The first-order valence-corrected chi connectivity index (χ1v) is 11.3. The molecule has 29 heavy (non-hydrogen) atoms. The van der Waals surface area contributed by atoms with E-state index in [2.05, 4.69) is 11.0 Å². The number of thiophene rings is 1. The van der Waals surface area contributed by atoms with Crippen molar-refractivity contribution in [2.45, 2.75) is 38.6 Å². The first-order chi connectivity index (χ1) is 14.2. The lowest BCUT2D eigenvalue weighted by Gasteiger charge is -2.34. The maximum atomic E-state index is 13.0. The maximum absolute atomic E-state index is 13.0. The van der Waals surface area contributed by atoms with Crippen molar-refractivity contribution in [3.05, 3.63) is 45.1 Å². The summed E-state index contributed by atoms with van der Waals surface area (Å²) in [6.07, 6.45) is 6.10. The highest BCUT2D eigenvalue weighted by atomic mass is 32.1. The molecule has 1 fully saturated rings. The summed E-state index contributed by atoms with van der Waals surface area (Å²) in [6.45, 7) is 4.09. The van der Waals surface area contributed by atoms with E-state index in [1.807, 2.05) is 23.1 Å². The highest BCUT2D eigenvalue weighted by molar-refractivity contribution is 7.14. The van der Waals surface area contributed by atoms with Gasteiger partial charge in [0.25, 0.3) is 5.91 Å². The minimum Gasteiger partial charge on any atom is -0.497 e. The summed E-state index contributed by atoms with van der Waals surface area (Å²) >= 11 is 1.73. The molecule has 0 bridgehead atoms. The number of nitrogens with zero attached hydrogens (tertiary/aromatic N) is 2. The second-order valence-electron chi connectivity index (χ2n) is 7.87. The number of rotatable bonds is 5. The Kier molecular flexibility index (Phi) is 6.40. The molecule has 1 aromatic carbocycles. The molecule has 0 N–H and O–H groups in total. The average molecular weight is 415 g/mol. The number of carbonyl (C=O) groups excluding carboxylic acids is 1. The normalized spacial score (nSPS) is 17.5. The number of hydrogen-bond donors (Lipinski definition) is 0. The van der Waals surface area contributed by atoms with Gasteiger partial charge in [0.05, 0.1) is 19.1 Å². The van der Waals surface area contributed by atoms with Gasteiger partial charge in [-0.2, -0.15) is 0 Å². The number of piperazine rings is 1. The minimum atomic E-state index is 0.210. The fraction of sp³-hybridized carbons (Fsp3) is 0.522. The van der Waals surface area contributed by atoms with E-state index in [-0.39, 0.29) is 5.91 Å². The van der Waals surface area contributed by atoms with Gasteiger partial charge in [0, 0.05) is 43.2 Å². The van der Waals surface area contributed by atoms with Crippen molar-refractivity contribution in [1.29, 1.82) is 0 Å². The average Bonchev–Trinajstić information content (AvgIpc) is 3.04. The smallest absolute Gasteiger partial charge is 0.264 e. The summed E-state index contributed by atoms with van der Waals surface area (Å²) in [6, 6.07) is 8.08. The Morgan fingerprint density at radius 1 is 1.00 bits per heavy atom. The van der Waals surface area contributed by atoms with Crippen LogP contribution in [-0.4, -0.2) is 56.1 Å². The monoisotopic (exact) mass is 414 g/mol. The molecule has 2 aromatic rings. The van der Waals surface area contributed by atoms with Gasteiger partial charge in [0.2, 0.25) is 0 Å². The van der Waals surface area contributed by atoms with Crippen molar-refractivity contribution in [2.75, 3.05) is 40.4 Å². The van der Waals surface area contributed by atoms with Gasteiger partial charge in [-0.05, 0) is 55.5 Å². The molecule has 2 heterocycles. The van der Waals surface area contributed by atoms with Crippen molar-refractivity contribution in [3.8, 4) is 11.5 Å². The zero-order chi connectivity index (χ0) is 20.2. The molecule has 156 valence electrons. The minimum absolute atomic E-state index is 0.210. The Morgan fingerprint density at radius 2 is 1.79 bits per heavy atom. The second-order valence-corrected chi connectivity index (χ2v) is 9.00. The Hall–Kier alpha value is -2.05. The summed E-state index contributed by atoms with van der Waals surface area (Å²) in [5.74, 6) is 1.93. The van der Waals surface area contributed by atoms with Crippen LogP contribution in [0.15, 0.2) is 24.3 Å². The van der Waals surface area contributed by atoms with E-state index in [1.54, 1.807) is 25.6 Å². The molecule has 1 aliphatic heterocycles. The SMILES string of the molecule is COc1ccc(OC)c(CN2CCN(C(=O)c3cc4c(s3)CCCCC4)CC2)c1. The molecule has 1 aliphatic carbocycles. The molecular weight excluding hydrogens is 384 g/mol. The number of fused-ring (bicyclic) bond motifs is 1. The topological polar surface area (TPSA) is 42.0 Å². The van der Waals surface area contributed by atoms with Crippen LogP contribution in [0.25, 0.3) is 0 Å². The van der Waals surface area contributed by atoms with Crippen LogP contribution >= 0.6 is 11.3 Å². The molecule has 2 aliphatic rings. The molecule has 1 aromatic heterocycles. The number of amides is 1. The molecule has 0 atom stereocenters. The van der Waals surface area contributed by atoms with Gasteiger partial charge in [0.15, 0.2) is 0 Å². The molecule has 0 saturated carbocycles. The molecule has 0 spiro atoms. The molecule has 6 heteroatoms. The van der Waals surface area contributed by atoms with Crippen LogP contribution in [0.3, 0.4) is 0 Å². The lowest BCUT2D eigenvalue weighted by molar-refractivity contribution is 0.0632. The summed E-state index contributed by atoms with van der Waals surface area (Å²) in [4.78, 5) is 19.8. The van der Waals surface area contributed by atoms with E-state index in [1.165, 1.54) is 29.7 Å². The van der Waals surface area contributed by atoms with Crippen molar-refractivity contribution in [1.82, 2.24) is 9.80 Å². The van der Waals surface area contributed by atoms with Gasteiger partial charge in [0.1, 0.15) is 11.5 Å². The van der Waals surface area contributed by atoms with Gasteiger partial charge >= 0.3 is 0 Å². The summed E-state index contributed by atoms with van der Waals surface area (Å²) in [7, 11) is 3.38. The summed E-state index contributed by atoms with van der Waals surface area (Å²) in [5.41, 5.74) is 2.54. The zero-order valence-corrected chi connectivity index (χ0v) is 18.2. The molecule has 1 amide bonds. The molecule has 1 saturated heterocycles. The van der Waals surface area contributed by atoms with Gasteiger partial charge in [-0.1, -0.05) is 6.42 Å². The Morgan fingerprint density at radius 3 is 2.55 bits per heavy atom. The third kappa shape index (κ3) is 4.59. The van der Waals surface area contributed by atoms with Crippen LogP contribution in [0.2, 0.25) is 0 Å². The number of methoxy groups -OCH3 is 2. The Labute approximate surface area is 177 Å². The zero-order valence-electron chi connectivity index (χ0n) is 17.4. The number of hydrogen-bond acceptors (Lipinski definition) is 5. The lowest BCUT2D eigenvalue weighted by Crippen LogP contribution is -2.48. The van der Waals surface area contributed by atoms with E-state index in [9.17, 15) is 4.79 Å². The number of aryl methyl sites for hydroxylation is 2. The quantitative estimate of drug-likeness (QED) is 0.694. The van der Waals surface area contributed by atoms with Gasteiger partial charge in [-0.25, -0.2) is 0 Å². The van der Waals surface area contributed by atoms with E-state index in [0.29, 0.717) is 0 Å². The lowest BCUT2D eigenvalue weighted by atomic mass is 10.1. The summed E-state index contributed by atoms with van der Waals surface area (Å²) < 4.78 is 10.9. The molecule has 5 nitrogen and oxygen atoms in total. The predicted molar refractivity (Wildman–Crippen MR) is 116 cm³/mol. The van der Waals surface area contributed by atoms with Gasteiger partial charge < -0.3 is 14.4 Å². The standard InChI is InChI=1S/C23H30N2O3S/c1-27-19-8-9-20(28-2)18(14-19)16-24-10-12-25(13-11-24)23(26)22-15-17-6-4-3-5-7-21(17)29-22/h8-9,14-15H,3-7,10-13,16H2,1-2H3. The third-order valence-corrected chi connectivity index (χ3v) is 7.22. The van der Waals surface area contributed by atoms with E-state index < -0.39 is 0 Å². The fourth-order valence-corrected chi connectivity index (χ4v) is 5.51. The van der Waals surface area contributed by atoms with Gasteiger partial charge in [-0.15, -0.1) is 11.3 Å². The molecule has 4 rings (SSSR count). The Balaban J connectivity index is 1.37. The van der Waals surface area contributed by atoms with Crippen LogP contribution in [0.4, 0.5) is 0 Å². The highest BCUT2D eigenvalue weighted by Gasteiger charge is 2.25. The van der Waals surface area contributed by atoms with Crippen molar-refractivity contribution in [3.63, 3.8) is 0 Å². The second kappa shape index (κ2) is 9.18. The van der Waals surface area contributed by atoms with Crippen LogP contribution in [0.1, 0.15) is 44.9 Å². The highest BCUT2D eigenvalue weighted by Crippen LogP contribution is 2.30. The van der Waals surface area contributed by atoms with E-state index in [0.717, 1.165) is 67.5 Å². The van der Waals surface area contributed by atoms with Crippen LogP contribution < -0.4 is 9.47 Å². The van der Waals surface area contributed by atoms with Crippen molar-refractivity contribution in [2.24, 2.45) is 0 Å². The van der Waals surface area contributed by atoms with Crippen LogP contribution in [0.5, 0.6) is 11.5 Å². The fourth-order valence-electron chi connectivity index (χ4n) is 4.28. The van der Waals surface area contributed by atoms with E-state index >= 15 is 0 Å².